The first kappa shape index (κ1) is 12.4. The molecule has 0 bridgehead atoms. The van der Waals surface area contributed by atoms with Crippen molar-refractivity contribution in [2.45, 2.75) is 6.61 Å². The Hall–Kier alpha value is -2.67. The number of benzene rings is 1. The predicted molar refractivity (Wildman–Crippen MR) is 66.8 cm³/mol. The number of carboxylic acid groups (broad SMARTS) is 1. The van der Waals surface area contributed by atoms with Crippen LogP contribution in [0.1, 0.15) is 5.89 Å². The topological polar surface area (TPSA) is 98.6 Å². The molecular weight excluding hydrogens is 264 g/mol. The largest absolute Gasteiger partial charge is 0.480 e. The van der Waals surface area contributed by atoms with Gasteiger partial charge in [0.15, 0.2) is 0 Å². The van der Waals surface area contributed by atoms with Gasteiger partial charge in [-0.3, -0.25) is 0 Å². The number of carbonyl (C=O) groups is 1. The second-order valence-corrected chi connectivity index (χ2v) is 4.03. The molecule has 3 rings (SSSR count). The molecule has 0 radical (unpaired) electrons. The SMILES string of the molecule is O=C(O)COCc1nnc(-c2coc3ccccc23)o1. The Bertz CT molecular complexity index is 746. The molecule has 20 heavy (non-hydrogen) atoms. The van der Waals surface area contributed by atoms with E-state index >= 15 is 0 Å². The number of rotatable bonds is 5. The third kappa shape index (κ3) is 2.39. The first-order valence-corrected chi connectivity index (χ1v) is 5.82. The van der Waals surface area contributed by atoms with Gasteiger partial charge in [-0.25, -0.2) is 4.79 Å². The summed E-state index contributed by atoms with van der Waals surface area (Å²) in [5.41, 5.74) is 1.42. The molecule has 2 aromatic heterocycles. The van der Waals surface area contributed by atoms with Crippen LogP contribution in [0.4, 0.5) is 0 Å². The molecule has 1 N–H and O–H groups in total. The molecule has 0 spiro atoms. The summed E-state index contributed by atoms with van der Waals surface area (Å²) in [4.78, 5) is 10.3. The van der Waals surface area contributed by atoms with E-state index in [1.54, 1.807) is 6.26 Å². The maximum atomic E-state index is 10.3. The van der Waals surface area contributed by atoms with Crippen molar-refractivity contribution in [3.8, 4) is 11.5 Å². The van der Waals surface area contributed by atoms with Crippen molar-refractivity contribution in [1.29, 1.82) is 0 Å². The molecule has 0 amide bonds. The highest BCUT2D eigenvalue weighted by Gasteiger charge is 2.14. The van der Waals surface area contributed by atoms with E-state index < -0.39 is 12.6 Å². The van der Waals surface area contributed by atoms with Gasteiger partial charge in [-0.05, 0) is 6.07 Å². The number of para-hydroxylation sites is 1. The summed E-state index contributed by atoms with van der Waals surface area (Å²) in [7, 11) is 0. The van der Waals surface area contributed by atoms with Gasteiger partial charge in [0, 0.05) is 5.39 Å². The van der Waals surface area contributed by atoms with Crippen molar-refractivity contribution in [3.63, 3.8) is 0 Å². The molecular formula is C13H10N2O5. The van der Waals surface area contributed by atoms with Gasteiger partial charge >= 0.3 is 5.97 Å². The van der Waals surface area contributed by atoms with Crippen LogP contribution in [0.2, 0.25) is 0 Å². The smallest absolute Gasteiger partial charge is 0.329 e. The van der Waals surface area contributed by atoms with Crippen LogP contribution in [0.5, 0.6) is 0 Å². The van der Waals surface area contributed by atoms with Crippen LogP contribution in [-0.4, -0.2) is 27.9 Å². The molecule has 3 aromatic rings. The number of nitrogens with zero attached hydrogens (tertiary/aromatic N) is 2. The molecule has 0 atom stereocenters. The number of hydrogen-bond acceptors (Lipinski definition) is 6. The standard InChI is InChI=1S/C13H10N2O5/c16-12(17)7-18-6-11-14-15-13(20-11)9-5-19-10-4-2-1-3-8(9)10/h1-5H,6-7H2,(H,16,17). The lowest BCUT2D eigenvalue weighted by molar-refractivity contribution is -0.142. The van der Waals surface area contributed by atoms with Gasteiger partial charge in [0.05, 0.1) is 5.56 Å². The lowest BCUT2D eigenvalue weighted by atomic mass is 10.2. The van der Waals surface area contributed by atoms with Crippen LogP contribution in [-0.2, 0) is 16.1 Å². The average Bonchev–Trinajstić information content (AvgIpc) is 3.04. The number of ether oxygens (including phenoxy) is 1. The average molecular weight is 274 g/mol. The Morgan fingerprint density at radius 3 is 3.00 bits per heavy atom. The van der Waals surface area contributed by atoms with E-state index in [-0.39, 0.29) is 12.5 Å². The van der Waals surface area contributed by atoms with E-state index in [1.165, 1.54) is 0 Å². The van der Waals surface area contributed by atoms with Crippen LogP contribution >= 0.6 is 0 Å². The highest BCUT2D eigenvalue weighted by atomic mass is 16.5. The summed E-state index contributed by atoms with van der Waals surface area (Å²) in [6.45, 7) is -0.457. The minimum Gasteiger partial charge on any atom is -0.480 e. The molecule has 2 heterocycles. The molecule has 7 nitrogen and oxygen atoms in total. The second-order valence-electron chi connectivity index (χ2n) is 4.03. The number of aromatic nitrogens is 2. The molecule has 0 fully saturated rings. The molecule has 0 saturated heterocycles. The zero-order chi connectivity index (χ0) is 13.9. The number of furan rings is 1. The number of hydrogen-bond donors (Lipinski definition) is 1. The van der Waals surface area contributed by atoms with E-state index in [2.05, 4.69) is 10.2 Å². The Morgan fingerprint density at radius 2 is 2.15 bits per heavy atom. The normalized spacial score (nSPS) is 11.0. The van der Waals surface area contributed by atoms with Gasteiger partial charge in [-0.15, -0.1) is 10.2 Å². The number of carboxylic acids is 1. The molecule has 7 heteroatoms. The number of aliphatic carboxylic acids is 1. The fourth-order valence-corrected chi connectivity index (χ4v) is 1.79. The summed E-state index contributed by atoms with van der Waals surface area (Å²) in [6, 6.07) is 7.48. The first-order chi connectivity index (χ1) is 9.74. The van der Waals surface area contributed by atoms with Crippen molar-refractivity contribution in [1.82, 2.24) is 10.2 Å². The minimum absolute atomic E-state index is 0.0465. The molecule has 102 valence electrons. The van der Waals surface area contributed by atoms with Crippen molar-refractivity contribution in [3.05, 3.63) is 36.4 Å². The van der Waals surface area contributed by atoms with Gasteiger partial charge in [0.1, 0.15) is 25.1 Å². The maximum absolute atomic E-state index is 10.3. The second kappa shape index (κ2) is 5.14. The third-order valence-corrected chi connectivity index (χ3v) is 2.63. The third-order valence-electron chi connectivity index (χ3n) is 2.63. The highest BCUT2D eigenvalue weighted by Crippen LogP contribution is 2.29. The van der Waals surface area contributed by atoms with Gasteiger partial charge < -0.3 is 18.7 Å². The fraction of sp³-hybridized carbons (Fsp3) is 0.154. The Balaban J connectivity index is 1.81. The number of fused-ring (bicyclic) bond motifs is 1. The van der Waals surface area contributed by atoms with E-state index in [1.807, 2.05) is 24.3 Å². The van der Waals surface area contributed by atoms with Crippen molar-refractivity contribution in [2.75, 3.05) is 6.61 Å². The molecule has 1 aromatic carbocycles. The molecule has 0 aliphatic heterocycles. The molecule has 0 saturated carbocycles. The lowest BCUT2D eigenvalue weighted by Crippen LogP contribution is -2.06. The van der Waals surface area contributed by atoms with E-state index in [0.29, 0.717) is 11.5 Å². The quantitative estimate of drug-likeness (QED) is 0.760. The lowest BCUT2D eigenvalue weighted by Gasteiger charge is -1.95. The predicted octanol–water partition coefficient (Wildman–Crippen LogP) is 2.08. The summed E-state index contributed by atoms with van der Waals surface area (Å²) < 4.78 is 15.7. The van der Waals surface area contributed by atoms with Crippen LogP contribution in [0.15, 0.2) is 39.4 Å². The summed E-state index contributed by atoms with van der Waals surface area (Å²) in [6.07, 6.45) is 1.54. The highest BCUT2D eigenvalue weighted by molar-refractivity contribution is 5.91. The zero-order valence-corrected chi connectivity index (χ0v) is 10.3. The maximum Gasteiger partial charge on any atom is 0.329 e. The molecule has 0 aliphatic rings. The van der Waals surface area contributed by atoms with Gasteiger partial charge in [-0.1, -0.05) is 18.2 Å². The fourth-order valence-electron chi connectivity index (χ4n) is 1.79. The van der Waals surface area contributed by atoms with Crippen LogP contribution in [0.25, 0.3) is 22.4 Å². The summed E-state index contributed by atoms with van der Waals surface area (Å²) >= 11 is 0. The Kier molecular flexibility index (Phi) is 3.18. The summed E-state index contributed by atoms with van der Waals surface area (Å²) in [5.74, 6) is -0.527. The molecule has 0 unspecified atom stereocenters. The van der Waals surface area contributed by atoms with E-state index in [4.69, 9.17) is 18.7 Å². The minimum atomic E-state index is -1.05. The first-order valence-electron chi connectivity index (χ1n) is 5.82. The van der Waals surface area contributed by atoms with Crippen molar-refractivity contribution in [2.24, 2.45) is 0 Å². The summed E-state index contributed by atoms with van der Waals surface area (Å²) in [5, 5.41) is 17.0. The van der Waals surface area contributed by atoms with E-state index in [0.717, 1.165) is 11.0 Å². The van der Waals surface area contributed by atoms with E-state index in [9.17, 15) is 4.79 Å². The van der Waals surface area contributed by atoms with Crippen LogP contribution in [0, 0.1) is 0 Å². The molecule has 0 aliphatic carbocycles. The van der Waals surface area contributed by atoms with Crippen molar-refractivity contribution < 1.29 is 23.5 Å². The monoisotopic (exact) mass is 274 g/mol. The zero-order valence-electron chi connectivity index (χ0n) is 10.3. The Labute approximate surface area is 112 Å². The van der Waals surface area contributed by atoms with Gasteiger partial charge in [0.25, 0.3) is 5.89 Å². The Morgan fingerprint density at radius 1 is 1.30 bits per heavy atom. The van der Waals surface area contributed by atoms with Crippen molar-refractivity contribution >= 4 is 16.9 Å². The van der Waals surface area contributed by atoms with Gasteiger partial charge in [0.2, 0.25) is 5.89 Å². The van der Waals surface area contributed by atoms with Gasteiger partial charge in [-0.2, -0.15) is 0 Å². The van der Waals surface area contributed by atoms with Crippen LogP contribution in [0.3, 0.4) is 0 Å². The van der Waals surface area contributed by atoms with Crippen LogP contribution < -0.4 is 0 Å².